The van der Waals surface area contributed by atoms with Crippen LogP contribution in [0.1, 0.15) is 41.5 Å². The number of benzene rings is 2. The van der Waals surface area contributed by atoms with Crippen LogP contribution in [0.5, 0.6) is 0 Å². The van der Waals surface area contributed by atoms with Crippen LogP contribution in [0.4, 0.5) is 0 Å². The molecule has 0 aromatic heterocycles. The molecule has 2 aromatic carbocycles. The van der Waals surface area contributed by atoms with Crippen molar-refractivity contribution in [3.05, 3.63) is 48.5 Å². The van der Waals surface area contributed by atoms with Gasteiger partial charge in [-0.3, -0.25) is 0 Å². The van der Waals surface area contributed by atoms with Crippen LogP contribution in [0.25, 0.3) is 11.1 Å². The topological polar surface area (TPSA) is 0 Å². The van der Waals surface area contributed by atoms with Gasteiger partial charge in [0.2, 0.25) is 0 Å². The second kappa shape index (κ2) is 4.62. The molecule has 0 nitrogen and oxygen atoms in total. The normalized spacial score (nSPS) is 16.5. The minimum atomic E-state index is -2.86. The first-order chi connectivity index (χ1) is 9.71. The fourth-order valence-electron chi connectivity index (χ4n) is 4.98. The summed E-state index contributed by atoms with van der Waals surface area (Å²) in [5, 5.41) is 0. The summed E-state index contributed by atoms with van der Waals surface area (Å²) in [6.07, 6.45) is 0. The Morgan fingerprint density at radius 3 is 1.24 bits per heavy atom. The average Bonchev–Trinajstić information content (AvgIpc) is 2.69. The molecule has 3 rings (SSSR count). The van der Waals surface area contributed by atoms with Crippen molar-refractivity contribution >= 4 is 25.5 Å². The molecule has 1 heteroatoms. The Morgan fingerprint density at radius 1 is 0.571 bits per heavy atom. The predicted octanol–water partition coefficient (Wildman–Crippen LogP) is 4.83. The van der Waals surface area contributed by atoms with Crippen LogP contribution in [-0.2, 0) is 0 Å². The molecule has 1 aliphatic rings. The van der Waals surface area contributed by atoms with E-state index in [1.54, 1.807) is 7.16 Å². The first kappa shape index (κ1) is 15.1. The van der Waals surface area contributed by atoms with E-state index >= 15 is 0 Å². The van der Waals surface area contributed by atoms with Gasteiger partial charge in [-0.1, -0.05) is 0 Å². The molecule has 0 spiro atoms. The molecule has 2 aromatic rings. The fraction of sp³-hybridized carbons (Fsp3) is 0.400. The van der Waals surface area contributed by atoms with Crippen molar-refractivity contribution in [2.45, 2.75) is 48.4 Å². The summed E-state index contributed by atoms with van der Waals surface area (Å²) in [5.74, 6) is 0. The summed E-state index contributed by atoms with van der Waals surface area (Å²) in [5.41, 5.74) is 3.02. The van der Waals surface area contributed by atoms with Gasteiger partial charge >= 0.3 is 134 Å². The van der Waals surface area contributed by atoms with Gasteiger partial charge in [0.25, 0.3) is 0 Å². The third-order valence-corrected chi connectivity index (χ3v) is 25.1. The van der Waals surface area contributed by atoms with Gasteiger partial charge in [0, 0.05) is 0 Å². The summed E-state index contributed by atoms with van der Waals surface area (Å²) in [4.78, 5) is 0. The van der Waals surface area contributed by atoms with Crippen LogP contribution in [0, 0.1) is 0 Å². The van der Waals surface area contributed by atoms with E-state index in [2.05, 4.69) is 90.1 Å². The molecule has 0 aliphatic carbocycles. The van der Waals surface area contributed by atoms with Gasteiger partial charge in [0.1, 0.15) is 0 Å². The van der Waals surface area contributed by atoms with E-state index in [4.69, 9.17) is 0 Å². The zero-order valence-electron chi connectivity index (χ0n) is 14.1. The summed E-state index contributed by atoms with van der Waals surface area (Å²) >= 11 is -2.86. The molecule has 0 unspecified atom stereocenters. The monoisotopic (exact) mass is 386 g/mol. The van der Waals surface area contributed by atoms with Crippen LogP contribution in [0.2, 0.25) is 6.86 Å². The van der Waals surface area contributed by atoms with Gasteiger partial charge in [-0.2, -0.15) is 0 Å². The van der Waals surface area contributed by atoms with Crippen LogP contribution >= 0.6 is 0 Å². The fourth-order valence-corrected chi connectivity index (χ4v) is 27.0. The Kier molecular flexibility index (Phi) is 3.33. The third-order valence-electron chi connectivity index (χ3n) is 5.20. The van der Waals surface area contributed by atoms with E-state index in [1.165, 1.54) is 11.1 Å². The van der Waals surface area contributed by atoms with Crippen molar-refractivity contribution in [1.29, 1.82) is 0 Å². The van der Waals surface area contributed by atoms with E-state index in [1.807, 2.05) is 0 Å². The van der Waals surface area contributed by atoms with Gasteiger partial charge in [0.15, 0.2) is 0 Å². The Morgan fingerprint density at radius 2 is 0.905 bits per heavy atom. The van der Waals surface area contributed by atoms with Gasteiger partial charge in [0.05, 0.1) is 0 Å². The van der Waals surface area contributed by atoms with E-state index in [-0.39, 0.29) is 0 Å². The molecule has 0 amide bonds. The quantitative estimate of drug-likeness (QED) is 0.570. The van der Waals surface area contributed by atoms with Crippen LogP contribution in [0.15, 0.2) is 48.5 Å². The number of rotatable bonds is 0. The van der Waals surface area contributed by atoms with E-state index in [9.17, 15) is 0 Å². The SMILES string of the molecule is C[C](C)(C)[Sn]1([C](C)(C)C)[c]2ccccc2-c2cccc[c]21. The summed E-state index contributed by atoms with van der Waals surface area (Å²) < 4.78 is 4.12. The molecule has 0 bridgehead atoms. The first-order valence-electron chi connectivity index (χ1n) is 7.90. The first-order valence-corrected chi connectivity index (χ1v) is 13.6. The molecular formula is C20H26Sn. The van der Waals surface area contributed by atoms with E-state index < -0.39 is 18.4 Å². The Labute approximate surface area is 133 Å². The van der Waals surface area contributed by atoms with Gasteiger partial charge < -0.3 is 0 Å². The van der Waals surface area contributed by atoms with Crippen LogP contribution < -0.4 is 7.16 Å². The van der Waals surface area contributed by atoms with Gasteiger partial charge in [-0.25, -0.2) is 0 Å². The summed E-state index contributed by atoms with van der Waals surface area (Å²) in [7, 11) is 0. The van der Waals surface area contributed by atoms with Crippen LogP contribution in [-0.4, -0.2) is 18.4 Å². The van der Waals surface area contributed by atoms with Crippen molar-refractivity contribution in [3.8, 4) is 11.1 Å². The third kappa shape index (κ3) is 1.87. The molecule has 21 heavy (non-hydrogen) atoms. The number of fused-ring (bicyclic) bond motifs is 3. The summed E-state index contributed by atoms with van der Waals surface area (Å²) in [6, 6.07) is 18.4. The second-order valence-corrected chi connectivity index (χ2v) is 24.3. The molecule has 0 N–H and O–H groups in total. The van der Waals surface area contributed by atoms with Gasteiger partial charge in [-0.15, -0.1) is 0 Å². The second-order valence-electron chi connectivity index (χ2n) is 8.34. The van der Waals surface area contributed by atoms with Crippen LogP contribution in [0.3, 0.4) is 0 Å². The van der Waals surface area contributed by atoms with Crippen molar-refractivity contribution in [2.75, 3.05) is 0 Å². The Balaban J connectivity index is 2.51. The Bertz CT molecular complexity index is 622. The molecule has 110 valence electrons. The predicted molar refractivity (Wildman–Crippen MR) is 96.3 cm³/mol. The number of hydrogen-bond donors (Lipinski definition) is 0. The summed E-state index contributed by atoms with van der Waals surface area (Å²) in [6.45, 7) is 14.9. The van der Waals surface area contributed by atoms with Crippen molar-refractivity contribution in [3.63, 3.8) is 0 Å². The Hall–Kier alpha value is -0.761. The molecule has 0 saturated carbocycles. The molecule has 0 radical (unpaired) electrons. The molecule has 1 aliphatic heterocycles. The number of hydrogen-bond acceptors (Lipinski definition) is 0. The van der Waals surface area contributed by atoms with Gasteiger partial charge in [-0.05, 0) is 0 Å². The standard InChI is InChI=1S/C12H8.2C4H9.Sn/c1-3-7-11(8-4-1)12-9-5-2-6-10-12;2*1-4(2)3;/h1-7,9H;2*1-3H3;. The van der Waals surface area contributed by atoms with Crippen molar-refractivity contribution in [2.24, 2.45) is 0 Å². The molecule has 0 fully saturated rings. The van der Waals surface area contributed by atoms with E-state index in [0.29, 0.717) is 6.86 Å². The zero-order chi connectivity index (χ0) is 15.5. The zero-order valence-corrected chi connectivity index (χ0v) is 17.0. The van der Waals surface area contributed by atoms with Crippen molar-refractivity contribution in [1.82, 2.24) is 0 Å². The van der Waals surface area contributed by atoms with Crippen molar-refractivity contribution < 1.29 is 0 Å². The molecule has 0 saturated heterocycles. The maximum atomic E-state index is 2.48. The molecule has 1 heterocycles. The molecule has 0 atom stereocenters. The van der Waals surface area contributed by atoms with E-state index in [0.717, 1.165) is 0 Å². The maximum absolute atomic E-state index is 2.86. The minimum absolute atomic E-state index is 0.357. The molecular weight excluding hydrogens is 359 g/mol. The average molecular weight is 385 g/mol.